The number of rotatable bonds is 6. The van der Waals surface area contributed by atoms with Gasteiger partial charge in [0.05, 0.1) is 33.1 Å². The highest BCUT2D eigenvalue weighted by molar-refractivity contribution is 6.25. The van der Waals surface area contributed by atoms with Gasteiger partial charge in [-0.25, -0.2) is 0 Å². The van der Waals surface area contributed by atoms with Gasteiger partial charge < -0.3 is 8.80 Å². The van der Waals surface area contributed by atoms with Gasteiger partial charge in [0.1, 0.15) is 0 Å². The molecule has 150 heavy (non-hydrogen) atoms. The first-order chi connectivity index (χ1) is 71.4. The molecule has 1 aliphatic rings. The van der Waals surface area contributed by atoms with E-state index in [1.165, 1.54) is 243 Å². The molecule has 19 aromatic carbocycles. The summed E-state index contributed by atoms with van der Waals surface area (Å²) in [7, 11) is 0. The van der Waals surface area contributed by atoms with Crippen molar-refractivity contribution in [2.24, 2.45) is 0 Å². The van der Waals surface area contributed by atoms with Gasteiger partial charge in [-0.1, -0.05) is 554 Å². The molecule has 0 fully saturated rings. The molecule has 23 aromatic rings. The van der Waals surface area contributed by atoms with Crippen molar-refractivity contribution in [2.45, 2.75) is 223 Å². The monoisotopic (exact) mass is 1950 g/mol. The van der Waals surface area contributed by atoms with E-state index in [9.17, 15) is 0 Å². The molecule has 0 radical (unpaired) electrons. The van der Waals surface area contributed by atoms with E-state index >= 15 is 0 Å². The second-order valence-corrected chi connectivity index (χ2v) is 49.6. The summed E-state index contributed by atoms with van der Waals surface area (Å²) >= 11 is 0. The Labute approximate surface area is 893 Å². The fourth-order valence-corrected chi connectivity index (χ4v) is 23.2. The van der Waals surface area contributed by atoms with Crippen LogP contribution in [0.1, 0.15) is 222 Å². The Morgan fingerprint density at radius 2 is 0.420 bits per heavy atom. The molecule has 24 rings (SSSR count). The van der Waals surface area contributed by atoms with E-state index in [1.54, 1.807) is 0 Å². The maximum atomic E-state index is 2.45. The molecule has 2 nitrogen and oxygen atoms in total. The molecule has 0 N–H and O–H groups in total. The summed E-state index contributed by atoms with van der Waals surface area (Å²) in [6.45, 7) is 59.5. The van der Waals surface area contributed by atoms with E-state index in [2.05, 4.69) is 613 Å². The number of benzene rings is 19. The Kier molecular flexibility index (Phi) is 28.0. The van der Waals surface area contributed by atoms with E-state index in [0.717, 1.165) is 0 Å². The predicted molar refractivity (Wildman–Crippen MR) is 655 cm³/mol. The van der Waals surface area contributed by atoms with Gasteiger partial charge in [0.15, 0.2) is 0 Å². The van der Waals surface area contributed by atoms with Crippen LogP contribution in [-0.2, 0) is 43.3 Å². The van der Waals surface area contributed by atoms with E-state index in [-0.39, 0.29) is 43.3 Å². The zero-order valence-corrected chi connectivity index (χ0v) is 93.3. The highest BCUT2D eigenvalue weighted by Gasteiger charge is 2.33. The van der Waals surface area contributed by atoms with Gasteiger partial charge in [0.2, 0.25) is 0 Å². The third kappa shape index (κ3) is 20.5. The largest absolute Gasteiger partial charge is 0.308 e. The Morgan fingerprint density at radius 3 is 0.793 bits per heavy atom. The molecule has 0 atom stereocenters. The first kappa shape index (κ1) is 103. The van der Waals surface area contributed by atoms with Crippen LogP contribution in [0.3, 0.4) is 0 Å². The molecule has 1 aliphatic carbocycles. The Hall–Kier alpha value is -15.2. The van der Waals surface area contributed by atoms with E-state index in [0.29, 0.717) is 0 Å². The lowest BCUT2D eigenvalue weighted by molar-refractivity contribution is 0.589. The lowest BCUT2D eigenvalue weighted by Gasteiger charge is -2.30. The van der Waals surface area contributed by atoms with Crippen LogP contribution in [-0.4, -0.2) is 8.80 Å². The van der Waals surface area contributed by atoms with Crippen molar-refractivity contribution in [1.29, 1.82) is 0 Å². The van der Waals surface area contributed by atoms with Crippen LogP contribution in [0, 0.1) is 13.8 Å². The van der Waals surface area contributed by atoms with Gasteiger partial charge in [-0.05, 0) is 260 Å². The van der Waals surface area contributed by atoms with Gasteiger partial charge >= 0.3 is 0 Å². The van der Waals surface area contributed by atoms with Crippen molar-refractivity contribution >= 4 is 76.2 Å². The summed E-state index contributed by atoms with van der Waals surface area (Å²) in [5, 5.41) is 10.9. The van der Waals surface area contributed by atoms with Gasteiger partial charge in [0.25, 0.3) is 0 Å². The first-order valence-electron chi connectivity index (χ1n) is 54.0. The van der Waals surface area contributed by atoms with Crippen LogP contribution in [0.25, 0.3) is 187 Å². The van der Waals surface area contributed by atoms with Crippen molar-refractivity contribution in [3.63, 3.8) is 0 Å². The lowest BCUT2D eigenvalue weighted by Crippen LogP contribution is -2.16. The maximum absolute atomic E-state index is 2.45. The average molecular weight is 1950 g/mol. The standard InChI is InChI=1S/C30H38.C28H24.C24H26.2C22H19N.C22H22/c1-28(2,3)23-17-13-21(14-18-23)25-11-10-12-26(27(25)30(7,8)9)22-15-19-24(20-16-22)29(4,5)6;1-28(2,3)19-16-17-26-24-14-7-6-12-22(24)20-10-4-5-11-21(20)23-13-8-9-15-25(23)27(26)18-19;1-17-16-18(2)22(20-14-10-7-11-15-20)23(24(3,4)5)21(17)19-12-8-6-9-13-19;1-22(2,3)17-13-12-15-14-8-4-6-10-18(14)23-19-11-7-5-9-16(19)20(17)21(15)23;1-22(2,3)14-11-12-20-18(13-14)17-9-6-8-16-15-7-4-5-10-19(15)23(20)21(16)17;1-22(2,3)21-19(17-11-6-4-7-12-17)15-10-16-20(21)18-13-8-5-9-14-18/h10-20H,1-9H3;4-18H,1-3H3;6-16H,1-5H3;2*4-13H,1-3H3;4-16H,1-3H3. The Morgan fingerprint density at radius 1 is 0.153 bits per heavy atom. The molecule has 0 bridgehead atoms. The van der Waals surface area contributed by atoms with Gasteiger partial charge in [0, 0.05) is 43.1 Å². The summed E-state index contributed by atoms with van der Waals surface area (Å²) in [5.74, 6) is 0. The van der Waals surface area contributed by atoms with E-state index in [1.807, 2.05) is 0 Å². The Bertz CT molecular complexity index is 8600. The minimum atomic E-state index is 0.0390. The zero-order valence-electron chi connectivity index (χ0n) is 93.3. The fourth-order valence-electron chi connectivity index (χ4n) is 23.2. The van der Waals surface area contributed by atoms with Crippen LogP contribution < -0.4 is 0 Å². The average Bonchev–Trinajstić information content (AvgIpc) is 1.53. The number of nitrogens with zero attached hydrogens (tertiary/aromatic N) is 2. The number of para-hydroxylation sites is 4. The third-order valence-electron chi connectivity index (χ3n) is 30.5. The van der Waals surface area contributed by atoms with Gasteiger partial charge in [-0.3, -0.25) is 0 Å². The summed E-state index contributed by atoms with van der Waals surface area (Å²) in [5.41, 5.74) is 49.1. The smallest absolute Gasteiger partial charge is 0.0623 e. The molecule has 2 heteroatoms. The highest BCUT2D eigenvalue weighted by atomic mass is 14.9. The molecule has 4 heterocycles. The molecule has 750 valence electrons. The second kappa shape index (κ2) is 40.7. The molecule has 0 amide bonds. The summed E-state index contributed by atoms with van der Waals surface area (Å²) in [4.78, 5) is 0. The predicted octanol–water partition coefficient (Wildman–Crippen LogP) is 42.4. The fraction of sp³-hybridized carbons (Fsp3) is 0.230. The zero-order chi connectivity index (χ0) is 106. The minimum Gasteiger partial charge on any atom is -0.308 e. The van der Waals surface area contributed by atoms with Crippen LogP contribution in [0.2, 0.25) is 0 Å². The number of fused-ring (bicyclic) bond motifs is 20. The van der Waals surface area contributed by atoms with Crippen molar-refractivity contribution in [3.05, 3.63) is 480 Å². The molecular formula is C148H148N2. The van der Waals surface area contributed by atoms with E-state index < -0.39 is 0 Å². The quantitative estimate of drug-likeness (QED) is 0.157. The number of aromatic nitrogens is 2. The molecule has 0 spiro atoms. The lowest BCUT2D eigenvalue weighted by atomic mass is 9.74. The van der Waals surface area contributed by atoms with Crippen molar-refractivity contribution < 1.29 is 0 Å². The normalized spacial score (nSPS) is 12.3. The number of aryl methyl sites for hydroxylation is 2. The van der Waals surface area contributed by atoms with Gasteiger partial charge in [-0.2, -0.15) is 0 Å². The maximum Gasteiger partial charge on any atom is 0.0623 e. The Balaban J connectivity index is 0.000000113. The van der Waals surface area contributed by atoms with Gasteiger partial charge in [-0.15, -0.1) is 0 Å². The molecular weight excluding hydrogens is 1810 g/mol. The molecule has 0 saturated carbocycles. The highest BCUT2D eigenvalue weighted by Crippen LogP contribution is 2.53. The van der Waals surface area contributed by atoms with Crippen LogP contribution in [0.4, 0.5) is 0 Å². The van der Waals surface area contributed by atoms with Crippen molar-refractivity contribution in [2.75, 3.05) is 0 Å². The first-order valence-corrected chi connectivity index (χ1v) is 54.0. The number of hydrogen-bond acceptors (Lipinski definition) is 0. The van der Waals surface area contributed by atoms with E-state index in [4.69, 9.17) is 0 Å². The molecule has 0 saturated heterocycles. The number of hydrogen-bond donors (Lipinski definition) is 0. The van der Waals surface area contributed by atoms with Crippen LogP contribution in [0.15, 0.2) is 425 Å². The summed E-state index contributed by atoms with van der Waals surface area (Å²) in [6, 6.07) is 155. The molecule has 4 aromatic heterocycles. The van der Waals surface area contributed by atoms with Crippen molar-refractivity contribution in [1.82, 2.24) is 8.80 Å². The minimum absolute atomic E-state index is 0.0390. The summed E-state index contributed by atoms with van der Waals surface area (Å²) < 4.78 is 4.88. The topological polar surface area (TPSA) is 8.82 Å². The summed E-state index contributed by atoms with van der Waals surface area (Å²) in [6.07, 6.45) is 0. The van der Waals surface area contributed by atoms with Crippen LogP contribution in [0.5, 0.6) is 0 Å². The SMILES string of the molecule is CC(C)(C)c1c(-c2ccccc2)cccc1-c1ccccc1.CC(C)(C)c1ccc(-c2cccc(-c3ccc(C(C)(C)C)cc3)c2C(C)(C)C)cc1.CC(C)(C)c1ccc2c(c1)-c1ccccc1-c1ccccc1-c1ccccc1-2.CC(C)(C)c1ccc2c(c1)c1cccc3c4ccccc4n2c31.CC(C)(C)c1ccc2c3ccccc3n3c4ccccc4c1c23.Cc1cc(C)c(-c2ccccc2)c(C(C)(C)C)c1-c1ccccc1. The molecule has 0 unspecified atom stereocenters. The van der Waals surface area contributed by atoms with Crippen LogP contribution >= 0.6 is 0 Å². The third-order valence-corrected chi connectivity index (χ3v) is 30.5. The molecule has 0 aliphatic heterocycles. The second-order valence-electron chi connectivity index (χ2n) is 49.6. The van der Waals surface area contributed by atoms with Crippen molar-refractivity contribution in [3.8, 4) is 111 Å².